The average Bonchev–Trinajstić information content (AvgIpc) is 2.27. The number of esters is 2. The van der Waals surface area contributed by atoms with Crippen LogP contribution >= 0.6 is 0 Å². The summed E-state index contributed by atoms with van der Waals surface area (Å²) in [6, 6.07) is -0.445. The molecular formula is C9H13NO4. The summed E-state index contributed by atoms with van der Waals surface area (Å²) >= 11 is 0. The predicted molar refractivity (Wildman–Crippen MR) is 48.3 cm³/mol. The van der Waals surface area contributed by atoms with Gasteiger partial charge in [-0.05, 0) is 12.8 Å². The van der Waals surface area contributed by atoms with E-state index >= 15 is 0 Å². The Morgan fingerprint density at radius 2 is 2.14 bits per heavy atom. The standard InChI is InChI=1S/C9H13NO4/c1-13-8(11)6-4-3-5-7(10-6)9(12)14-2/h4,7,10H,3,5H2,1-2H3. The van der Waals surface area contributed by atoms with Crippen molar-refractivity contribution in [3.63, 3.8) is 0 Å². The summed E-state index contributed by atoms with van der Waals surface area (Å²) in [7, 11) is 2.62. The lowest BCUT2D eigenvalue weighted by atomic mass is 10.1. The van der Waals surface area contributed by atoms with E-state index in [9.17, 15) is 9.59 Å². The Morgan fingerprint density at radius 3 is 2.71 bits per heavy atom. The number of hydrogen-bond donors (Lipinski definition) is 1. The van der Waals surface area contributed by atoms with Gasteiger partial charge in [-0.25, -0.2) is 9.59 Å². The molecule has 0 aliphatic carbocycles. The van der Waals surface area contributed by atoms with E-state index in [4.69, 9.17) is 0 Å². The minimum absolute atomic E-state index is 0.328. The highest BCUT2D eigenvalue weighted by atomic mass is 16.5. The largest absolute Gasteiger partial charge is 0.467 e. The van der Waals surface area contributed by atoms with Gasteiger partial charge in [0.05, 0.1) is 14.2 Å². The molecule has 1 rings (SSSR count). The van der Waals surface area contributed by atoms with Crippen LogP contribution in [0.4, 0.5) is 0 Å². The number of hydrogen-bond acceptors (Lipinski definition) is 5. The van der Waals surface area contributed by atoms with E-state index in [0.717, 1.165) is 0 Å². The van der Waals surface area contributed by atoms with Crippen molar-refractivity contribution in [2.24, 2.45) is 0 Å². The number of methoxy groups -OCH3 is 2. The first-order chi connectivity index (χ1) is 6.69. The molecule has 0 aromatic carbocycles. The molecule has 0 saturated carbocycles. The van der Waals surface area contributed by atoms with Gasteiger partial charge in [-0.2, -0.15) is 0 Å². The maximum atomic E-state index is 11.2. The van der Waals surface area contributed by atoms with Gasteiger partial charge in [-0.3, -0.25) is 0 Å². The van der Waals surface area contributed by atoms with Crippen LogP contribution in [-0.2, 0) is 19.1 Å². The van der Waals surface area contributed by atoms with Crippen LogP contribution in [0.5, 0.6) is 0 Å². The van der Waals surface area contributed by atoms with Crippen molar-refractivity contribution in [3.8, 4) is 0 Å². The molecule has 0 aromatic rings. The van der Waals surface area contributed by atoms with Gasteiger partial charge in [0.25, 0.3) is 0 Å². The van der Waals surface area contributed by atoms with Crippen molar-refractivity contribution in [2.75, 3.05) is 14.2 Å². The van der Waals surface area contributed by atoms with Gasteiger partial charge in [-0.15, -0.1) is 0 Å². The molecular weight excluding hydrogens is 186 g/mol. The Morgan fingerprint density at radius 1 is 1.43 bits per heavy atom. The zero-order valence-electron chi connectivity index (χ0n) is 8.20. The third kappa shape index (κ3) is 2.25. The number of rotatable bonds is 2. The second kappa shape index (κ2) is 4.64. The molecule has 5 nitrogen and oxygen atoms in total. The Hall–Kier alpha value is -1.52. The predicted octanol–water partition coefficient (Wildman–Crippen LogP) is -0.0317. The number of ether oxygens (including phenoxy) is 2. The van der Waals surface area contributed by atoms with Gasteiger partial charge >= 0.3 is 11.9 Å². The van der Waals surface area contributed by atoms with Gasteiger partial charge in [0, 0.05) is 0 Å². The summed E-state index contributed by atoms with van der Waals surface area (Å²) in [5.74, 6) is -0.821. The molecule has 5 heteroatoms. The SMILES string of the molecule is COC(=O)C1=CCCC(C(=O)OC)N1. The number of carbonyl (C=O) groups is 2. The molecule has 1 N–H and O–H groups in total. The zero-order chi connectivity index (χ0) is 10.6. The molecule has 1 unspecified atom stereocenters. The monoisotopic (exact) mass is 199 g/mol. The van der Waals surface area contributed by atoms with Crippen molar-refractivity contribution in [2.45, 2.75) is 18.9 Å². The minimum Gasteiger partial charge on any atom is -0.467 e. The van der Waals surface area contributed by atoms with Crippen molar-refractivity contribution in [3.05, 3.63) is 11.8 Å². The van der Waals surface area contributed by atoms with Gasteiger partial charge in [0.15, 0.2) is 0 Å². The van der Waals surface area contributed by atoms with E-state index in [-0.39, 0.29) is 5.97 Å². The molecule has 0 saturated heterocycles. The molecule has 0 fully saturated rings. The molecule has 1 heterocycles. The van der Waals surface area contributed by atoms with Gasteiger partial charge in [-0.1, -0.05) is 6.08 Å². The fourth-order valence-corrected chi connectivity index (χ4v) is 1.28. The molecule has 78 valence electrons. The highest BCUT2D eigenvalue weighted by Crippen LogP contribution is 2.11. The van der Waals surface area contributed by atoms with Gasteiger partial charge < -0.3 is 14.8 Å². The molecule has 1 atom stereocenters. The Labute approximate surface area is 82.1 Å². The summed E-state index contributed by atoms with van der Waals surface area (Å²) in [6.07, 6.45) is 3.01. The van der Waals surface area contributed by atoms with Crippen LogP contribution in [0.1, 0.15) is 12.8 Å². The van der Waals surface area contributed by atoms with E-state index in [1.165, 1.54) is 14.2 Å². The maximum absolute atomic E-state index is 11.2. The van der Waals surface area contributed by atoms with E-state index in [2.05, 4.69) is 14.8 Å². The smallest absolute Gasteiger partial charge is 0.353 e. The Kier molecular flexibility index (Phi) is 3.50. The summed E-state index contributed by atoms with van der Waals surface area (Å²) in [6.45, 7) is 0. The summed E-state index contributed by atoms with van der Waals surface area (Å²) in [5.41, 5.74) is 0.328. The minimum atomic E-state index is -0.460. The van der Waals surface area contributed by atoms with Gasteiger partial charge in [0.2, 0.25) is 0 Å². The van der Waals surface area contributed by atoms with Crippen LogP contribution in [0.15, 0.2) is 11.8 Å². The molecule has 0 aromatic heterocycles. The summed E-state index contributed by atoms with van der Waals surface area (Å²) < 4.78 is 9.10. The van der Waals surface area contributed by atoms with Crippen LogP contribution in [0.2, 0.25) is 0 Å². The zero-order valence-corrected chi connectivity index (χ0v) is 8.20. The number of nitrogens with one attached hydrogen (secondary N) is 1. The molecule has 0 spiro atoms. The molecule has 0 radical (unpaired) electrons. The molecule has 14 heavy (non-hydrogen) atoms. The third-order valence-electron chi connectivity index (χ3n) is 2.02. The lowest BCUT2D eigenvalue weighted by Crippen LogP contribution is -2.41. The van der Waals surface area contributed by atoms with Crippen LogP contribution in [0.25, 0.3) is 0 Å². The normalized spacial score (nSPS) is 20.4. The van der Waals surface area contributed by atoms with Crippen molar-refractivity contribution in [1.82, 2.24) is 5.32 Å². The average molecular weight is 199 g/mol. The van der Waals surface area contributed by atoms with Crippen LogP contribution in [-0.4, -0.2) is 32.2 Å². The third-order valence-corrected chi connectivity index (χ3v) is 2.02. The lowest BCUT2D eigenvalue weighted by Gasteiger charge is -2.21. The highest BCUT2D eigenvalue weighted by molar-refractivity contribution is 5.89. The lowest BCUT2D eigenvalue weighted by molar-refractivity contribution is -0.143. The number of allylic oxidation sites excluding steroid dienone is 1. The van der Waals surface area contributed by atoms with Gasteiger partial charge in [0.1, 0.15) is 11.7 Å². The first kappa shape index (κ1) is 10.6. The quantitative estimate of drug-likeness (QED) is 0.632. The van der Waals surface area contributed by atoms with Crippen molar-refractivity contribution < 1.29 is 19.1 Å². The van der Waals surface area contributed by atoms with E-state index in [0.29, 0.717) is 18.5 Å². The summed E-state index contributed by atoms with van der Waals surface area (Å²) in [5, 5.41) is 2.77. The Bertz CT molecular complexity index is 272. The van der Waals surface area contributed by atoms with Crippen LogP contribution in [0, 0.1) is 0 Å². The van der Waals surface area contributed by atoms with Crippen molar-refractivity contribution in [1.29, 1.82) is 0 Å². The summed E-state index contributed by atoms with van der Waals surface area (Å²) in [4.78, 5) is 22.3. The molecule has 0 bridgehead atoms. The molecule has 1 aliphatic heterocycles. The first-order valence-corrected chi connectivity index (χ1v) is 4.32. The van der Waals surface area contributed by atoms with Crippen LogP contribution < -0.4 is 5.32 Å². The first-order valence-electron chi connectivity index (χ1n) is 4.32. The highest BCUT2D eigenvalue weighted by Gasteiger charge is 2.25. The fraction of sp³-hybridized carbons (Fsp3) is 0.556. The molecule has 0 amide bonds. The Balaban J connectivity index is 2.62. The number of carbonyl (C=O) groups excluding carboxylic acids is 2. The second-order valence-corrected chi connectivity index (χ2v) is 2.91. The topological polar surface area (TPSA) is 64.6 Å². The van der Waals surface area contributed by atoms with Crippen LogP contribution in [0.3, 0.4) is 0 Å². The van der Waals surface area contributed by atoms with Crippen molar-refractivity contribution >= 4 is 11.9 Å². The van der Waals surface area contributed by atoms with E-state index < -0.39 is 12.0 Å². The fourth-order valence-electron chi connectivity index (χ4n) is 1.28. The second-order valence-electron chi connectivity index (χ2n) is 2.91. The molecule has 1 aliphatic rings. The maximum Gasteiger partial charge on any atom is 0.353 e. The van der Waals surface area contributed by atoms with E-state index in [1.807, 2.05) is 0 Å². The van der Waals surface area contributed by atoms with E-state index in [1.54, 1.807) is 6.08 Å².